The second-order valence-electron chi connectivity index (χ2n) is 6.01. The Morgan fingerprint density at radius 2 is 2.25 bits per heavy atom. The smallest absolute Gasteiger partial charge is 0.276 e. The van der Waals surface area contributed by atoms with Gasteiger partial charge in [0.25, 0.3) is 11.1 Å². The van der Waals surface area contributed by atoms with Gasteiger partial charge in [0.1, 0.15) is 5.76 Å². The molecule has 3 atom stereocenters. The number of thioether (sulfide) groups is 1. The average Bonchev–Trinajstić information content (AvgIpc) is 3.20. The number of furan rings is 1. The highest BCUT2D eigenvalue weighted by Gasteiger charge is 2.39. The summed E-state index contributed by atoms with van der Waals surface area (Å²) in [6.45, 7) is 1.90. The lowest BCUT2D eigenvalue weighted by atomic mass is 9.90. The minimum absolute atomic E-state index is 0.562. The fraction of sp³-hybridized carbons (Fsp3) is 0.600. The van der Waals surface area contributed by atoms with E-state index in [-0.39, 0.29) is 0 Å². The third-order valence-corrected chi connectivity index (χ3v) is 5.81. The molecule has 2 aromatic heterocycles. The lowest BCUT2D eigenvalue weighted by molar-refractivity contribution is 0.364. The maximum absolute atomic E-state index is 5.73. The van der Waals surface area contributed by atoms with Crippen LogP contribution in [0.2, 0.25) is 0 Å². The van der Waals surface area contributed by atoms with Crippen LogP contribution >= 0.6 is 11.8 Å². The molecule has 2 aromatic rings. The first-order valence-electron chi connectivity index (χ1n) is 7.30. The summed E-state index contributed by atoms with van der Waals surface area (Å²) >= 11 is 1.71. The quantitative estimate of drug-likeness (QED) is 0.791. The van der Waals surface area contributed by atoms with Crippen LogP contribution in [-0.2, 0) is 0 Å². The van der Waals surface area contributed by atoms with Crippen molar-refractivity contribution in [2.75, 3.05) is 5.75 Å². The predicted octanol–water partition coefficient (Wildman–Crippen LogP) is 4.17. The number of hydrogen-bond acceptors (Lipinski definition) is 5. The van der Waals surface area contributed by atoms with E-state index in [1.807, 2.05) is 13.0 Å². The van der Waals surface area contributed by atoms with Crippen LogP contribution in [0.1, 0.15) is 31.4 Å². The lowest BCUT2D eigenvalue weighted by Gasteiger charge is -2.19. The number of rotatable bonds is 4. The van der Waals surface area contributed by atoms with Gasteiger partial charge in [-0.05, 0) is 50.0 Å². The van der Waals surface area contributed by atoms with Crippen molar-refractivity contribution in [1.29, 1.82) is 0 Å². The van der Waals surface area contributed by atoms with E-state index in [4.69, 9.17) is 8.83 Å². The summed E-state index contributed by atoms with van der Waals surface area (Å²) in [6, 6.07) is 1.87. The summed E-state index contributed by atoms with van der Waals surface area (Å²) < 4.78 is 11.0. The zero-order valence-electron chi connectivity index (χ0n) is 11.5. The van der Waals surface area contributed by atoms with Crippen molar-refractivity contribution in [2.24, 2.45) is 17.8 Å². The number of aromatic nitrogens is 2. The second kappa shape index (κ2) is 4.95. The summed E-state index contributed by atoms with van der Waals surface area (Å²) in [5.41, 5.74) is 0.893. The topological polar surface area (TPSA) is 52.1 Å². The van der Waals surface area contributed by atoms with Crippen molar-refractivity contribution in [3.63, 3.8) is 0 Å². The number of fused-ring (bicyclic) bond motifs is 2. The van der Waals surface area contributed by atoms with Crippen LogP contribution in [0.4, 0.5) is 0 Å². The highest BCUT2D eigenvalue weighted by Crippen LogP contribution is 2.49. The predicted molar refractivity (Wildman–Crippen MR) is 76.4 cm³/mol. The largest absolute Gasteiger partial charge is 0.469 e. The molecule has 20 heavy (non-hydrogen) atoms. The first kappa shape index (κ1) is 12.5. The van der Waals surface area contributed by atoms with Crippen molar-refractivity contribution in [3.05, 3.63) is 18.1 Å². The van der Waals surface area contributed by atoms with Crippen molar-refractivity contribution >= 4 is 11.8 Å². The maximum Gasteiger partial charge on any atom is 0.276 e. The van der Waals surface area contributed by atoms with Gasteiger partial charge in [0.05, 0.1) is 11.8 Å². The van der Waals surface area contributed by atoms with E-state index in [1.54, 1.807) is 18.0 Å². The molecule has 2 fully saturated rings. The summed E-state index contributed by atoms with van der Waals surface area (Å²) in [6.07, 6.45) is 7.39. The molecular formula is C15H18N2O2S. The van der Waals surface area contributed by atoms with E-state index in [0.29, 0.717) is 11.1 Å². The molecule has 2 heterocycles. The molecule has 2 saturated carbocycles. The van der Waals surface area contributed by atoms with Gasteiger partial charge >= 0.3 is 0 Å². The fourth-order valence-corrected chi connectivity index (χ4v) is 4.74. The molecule has 0 saturated heterocycles. The van der Waals surface area contributed by atoms with E-state index >= 15 is 0 Å². The molecule has 2 aliphatic carbocycles. The molecule has 4 nitrogen and oxygen atoms in total. The standard InChI is InChI=1S/C15H18N2O2S/c1-9-13(4-5-18-9)14-16-17-15(19-14)20-8-12-7-10-2-3-11(12)6-10/h4-5,10-12H,2-3,6-8H2,1H3. The number of nitrogens with zero attached hydrogens (tertiary/aromatic N) is 2. The Labute approximate surface area is 122 Å². The maximum atomic E-state index is 5.73. The van der Waals surface area contributed by atoms with Gasteiger partial charge in [0.15, 0.2) is 0 Å². The normalized spacial score (nSPS) is 28.4. The Bertz CT molecular complexity index is 607. The van der Waals surface area contributed by atoms with E-state index in [2.05, 4.69) is 10.2 Å². The minimum atomic E-state index is 0.562. The van der Waals surface area contributed by atoms with Crippen LogP contribution < -0.4 is 0 Å². The minimum Gasteiger partial charge on any atom is -0.469 e. The first-order chi connectivity index (χ1) is 9.79. The van der Waals surface area contributed by atoms with Crippen molar-refractivity contribution in [3.8, 4) is 11.5 Å². The van der Waals surface area contributed by atoms with Gasteiger partial charge in [-0.2, -0.15) is 0 Å². The van der Waals surface area contributed by atoms with Gasteiger partial charge in [-0.1, -0.05) is 18.2 Å². The van der Waals surface area contributed by atoms with Crippen molar-refractivity contribution < 1.29 is 8.83 Å². The van der Waals surface area contributed by atoms with E-state index in [9.17, 15) is 0 Å². The van der Waals surface area contributed by atoms with Gasteiger partial charge in [-0.3, -0.25) is 0 Å². The molecule has 4 rings (SSSR count). The molecule has 2 aliphatic rings. The van der Waals surface area contributed by atoms with E-state index < -0.39 is 0 Å². The van der Waals surface area contributed by atoms with Crippen LogP contribution in [0.25, 0.3) is 11.5 Å². The monoisotopic (exact) mass is 290 g/mol. The van der Waals surface area contributed by atoms with Crippen molar-refractivity contribution in [1.82, 2.24) is 10.2 Å². The highest BCUT2D eigenvalue weighted by atomic mass is 32.2. The summed E-state index contributed by atoms with van der Waals surface area (Å²) in [5.74, 6) is 5.30. The Morgan fingerprint density at radius 1 is 1.30 bits per heavy atom. The fourth-order valence-electron chi connectivity index (χ4n) is 3.74. The zero-order chi connectivity index (χ0) is 13.5. The van der Waals surface area contributed by atoms with Gasteiger partial charge in [-0.25, -0.2) is 0 Å². The first-order valence-corrected chi connectivity index (χ1v) is 8.29. The molecular weight excluding hydrogens is 272 g/mol. The van der Waals surface area contributed by atoms with Crippen LogP contribution in [0, 0.1) is 24.7 Å². The van der Waals surface area contributed by atoms with E-state index in [0.717, 1.165) is 34.8 Å². The molecule has 0 radical (unpaired) electrons. The lowest BCUT2D eigenvalue weighted by Crippen LogP contribution is -2.12. The van der Waals surface area contributed by atoms with Crippen LogP contribution in [0.5, 0.6) is 0 Å². The number of aryl methyl sites for hydroxylation is 1. The third-order valence-electron chi connectivity index (χ3n) is 4.80. The van der Waals surface area contributed by atoms with E-state index in [1.165, 1.54) is 25.7 Å². The Kier molecular flexibility index (Phi) is 3.10. The average molecular weight is 290 g/mol. The Balaban J connectivity index is 1.40. The third kappa shape index (κ3) is 2.18. The molecule has 5 heteroatoms. The Morgan fingerprint density at radius 3 is 2.95 bits per heavy atom. The molecule has 106 valence electrons. The molecule has 0 aliphatic heterocycles. The van der Waals surface area contributed by atoms with Crippen molar-refractivity contribution in [2.45, 2.75) is 37.8 Å². The Hall–Kier alpha value is -1.23. The second-order valence-corrected chi connectivity index (χ2v) is 6.98. The van der Waals surface area contributed by atoms with Crippen LogP contribution in [0.3, 0.4) is 0 Å². The van der Waals surface area contributed by atoms with Gasteiger partial charge in [-0.15, -0.1) is 10.2 Å². The zero-order valence-corrected chi connectivity index (χ0v) is 12.4. The molecule has 2 bridgehead atoms. The van der Waals surface area contributed by atoms with Crippen LogP contribution in [0.15, 0.2) is 26.4 Å². The molecule has 3 unspecified atom stereocenters. The summed E-state index contributed by atoms with van der Waals surface area (Å²) in [5, 5.41) is 8.94. The van der Waals surface area contributed by atoms with Crippen LogP contribution in [-0.4, -0.2) is 16.0 Å². The van der Waals surface area contributed by atoms with Gasteiger partial charge < -0.3 is 8.83 Å². The highest BCUT2D eigenvalue weighted by molar-refractivity contribution is 7.99. The van der Waals surface area contributed by atoms with Gasteiger partial charge in [0.2, 0.25) is 0 Å². The summed E-state index contributed by atoms with van der Waals surface area (Å²) in [7, 11) is 0. The number of hydrogen-bond donors (Lipinski definition) is 0. The molecule has 0 aromatic carbocycles. The molecule has 0 amide bonds. The molecule has 0 N–H and O–H groups in total. The van der Waals surface area contributed by atoms with Gasteiger partial charge in [0, 0.05) is 5.75 Å². The molecule has 0 spiro atoms. The summed E-state index contributed by atoms with van der Waals surface area (Å²) in [4.78, 5) is 0. The SMILES string of the molecule is Cc1occc1-c1nnc(SCC2CC3CCC2C3)o1.